The molecular weight excluding hydrogens is 342 g/mol. The van der Waals surface area contributed by atoms with Crippen molar-refractivity contribution in [1.29, 1.82) is 0 Å². The van der Waals surface area contributed by atoms with Crippen LogP contribution in [0.2, 0.25) is 0 Å². The van der Waals surface area contributed by atoms with Gasteiger partial charge < -0.3 is 20.1 Å². The molecule has 8 nitrogen and oxygen atoms in total. The maximum atomic E-state index is 10.9. The first kappa shape index (κ1) is 17.0. The van der Waals surface area contributed by atoms with Crippen LogP contribution < -0.4 is 10.5 Å². The number of nitrogens with zero attached hydrogens (tertiary/aromatic N) is 4. The number of hydrogen-bond acceptors (Lipinski definition) is 7. The third kappa shape index (κ3) is 4.00. The molecule has 9 heteroatoms. The van der Waals surface area contributed by atoms with E-state index in [2.05, 4.69) is 15.0 Å². The molecule has 0 unspecified atom stereocenters. The number of nitrogen functional groups attached to an aromatic ring is 1. The number of rotatable bonds is 7. The smallest absolute Gasteiger partial charge is 0.313 e. The van der Waals surface area contributed by atoms with Gasteiger partial charge in [0.2, 0.25) is 0 Å². The maximum absolute atomic E-state index is 10.9. The molecule has 0 fully saturated rings. The van der Waals surface area contributed by atoms with Gasteiger partial charge in [0.1, 0.15) is 18.7 Å². The number of ether oxygens (including phenoxy) is 1. The van der Waals surface area contributed by atoms with Crippen molar-refractivity contribution in [2.75, 3.05) is 18.1 Å². The summed E-state index contributed by atoms with van der Waals surface area (Å²) in [5.41, 5.74) is 8.03. The third-order valence-corrected chi connectivity index (χ3v) is 4.42. The zero-order chi connectivity index (χ0) is 17.8. The normalized spacial score (nSPS) is 10.9. The summed E-state index contributed by atoms with van der Waals surface area (Å²) >= 11 is 1.11. The van der Waals surface area contributed by atoms with Gasteiger partial charge in [-0.3, -0.25) is 4.79 Å². The van der Waals surface area contributed by atoms with Gasteiger partial charge in [-0.2, -0.15) is 0 Å². The molecule has 0 aliphatic heterocycles. The number of anilines is 1. The Morgan fingerprint density at radius 2 is 2.08 bits per heavy atom. The fourth-order valence-corrected chi connectivity index (χ4v) is 3.00. The van der Waals surface area contributed by atoms with Crippen LogP contribution in [0.25, 0.3) is 11.2 Å². The van der Waals surface area contributed by atoms with Gasteiger partial charge in [-0.05, 0) is 19.1 Å². The highest BCUT2D eigenvalue weighted by molar-refractivity contribution is 7.99. The topological polar surface area (TPSA) is 116 Å². The first-order valence-corrected chi connectivity index (χ1v) is 8.54. The Kier molecular flexibility index (Phi) is 5.03. The van der Waals surface area contributed by atoms with Crippen molar-refractivity contribution < 1.29 is 14.6 Å². The second-order valence-corrected chi connectivity index (χ2v) is 6.26. The number of aromatic nitrogens is 4. The van der Waals surface area contributed by atoms with Gasteiger partial charge in [-0.1, -0.05) is 29.5 Å². The van der Waals surface area contributed by atoms with Crippen LogP contribution in [-0.2, 0) is 11.3 Å². The summed E-state index contributed by atoms with van der Waals surface area (Å²) < 4.78 is 7.55. The summed E-state index contributed by atoms with van der Waals surface area (Å²) in [6, 6.07) is 7.76. The van der Waals surface area contributed by atoms with Gasteiger partial charge in [0, 0.05) is 0 Å². The first-order chi connectivity index (χ1) is 12.0. The van der Waals surface area contributed by atoms with Gasteiger partial charge in [0.05, 0.1) is 12.3 Å². The molecule has 2 aromatic heterocycles. The van der Waals surface area contributed by atoms with Crippen LogP contribution in [0.4, 0.5) is 5.82 Å². The molecule has 1 aromatic carbocycles. The first-order valence-electron chi connectivity index (χ1n) is 7.55. The Morgan fingerprint density at radius 3 is 2.80 bits per heavy atom. The van der Waals surface area contributed by atoms with E-state index in [1.54, 1.807) is 4.57 Å². The van der Waals surface area contributed by atoms with E-state index >= 15 is 0 Å². The van der Waals surface area contributed by atoms with E-state index in [1.165, 1.54) is 6.33 Å². The van der Waals surface area contributed by atoms with Crippen LogP contribution in [0.1, 0.15) is 5.56 Å². The number of aliphatic carboxylic acids is 1. The molecule has 0 amide bonds. The van der Waals surface area contributed by atoms with E-state index in [-0.39, 0.29) is 11.6 Å². The second kappa shape index (κ2) is 7.39. The highest BCUT2D eigenvalue weighted by Crippen LogP contribution is 2.25. The summed E-state index contributed by atoms with van der Waals surface area (Å²) in [6.07, 6.45) is 1.36. The van der Waals surface area contributed by atoms with E-state index < -0.39 is 5.97 Å². The molecule has 25 heavy (non-hydrogen) atoms. The lowest BCUT2D eigenvalue weighted by Crippen LogP contribution is -2.10. The fourth-order valence-electron chi connectivity index (χ4n) is 2.26. The highest BCUT2D eigenvalue weighted by atomic mass is 32.2. The lowest BCUT2D eigenvalue weighted by molar-refractivity contribution is -0.133. The van der Waals surface area contributed by atoms with Crippen LogP contribution in [-0.4, -0.2) is 43.0 Å². The van der Waals surface area contributed by atoms with E-state index in [1.807, 2.05) is 31.2 Å². The van der Waals surface area contributed by atoms with Gasteiger partial charge in [-0.15, -0.1) is 0 Å². The van der Waals surface area contributed by atoms with Gasteiger partial charge in [0.25, 0.3) is 0 Å². The van der Waals surface area contributed by atoms with Crippen molar-refractivity contribution in [1.82, 2.24) is 19.5 Å². The fraction of sp³-hybridized carbons (Fsp3) is 0.250. The maximum Gasteiger partial charge on any atom is 0.313 e. The summed E-state index contributed by atoms with van der Waals surface area (Å²) in [7, 11) is 0. The molecular formula is C16H17N5O3S. The molecule has 130 valence electrons. The van der Waals surface area contributed by atoms with E-state index in [0.29, 0.717) is 29.5 Å². The highest BCUT2D eigenvalue weighted by Gasteiger charge is 2.16. The number of benzene rings is 1. The number of fused-ring (bicyclic) bond motifs is 1. The van der Waals surface area contributed by atoms with Crippen molar-refractivity contribution in [3.63, 3.8) is 0 Å². The summed E-state index contributed by atoms with van der Waals surface area (Å²) in [5, 5.41) is 9.43. The Bertz CT molecular complexity index is 895. The third-order valence-electron chi connectivity index (χ3n) is 3.45. The van der Waals surface area contributed by atoms with Gasteiger partial charge >= 0.3 is 5.97 Å². The van der Waals surface area contributed by atoms with Crippen molar-refractivity contribution in [2.45, 2.75) is 18.6 Å². The number of carbonyl (C=O) groups is 1. The predicted molar refractivity (Wildman–Crippen MR) is 94.8 cm³/mol. The van der Waals surface area contributed by atoms with Crippen LogP contribution in [0.5, 0.6) is 5.75 Å². The van der Waals surface area contributed by atoms with Crippen LogP contribution in [0, 0.1) is 6.92 Å². The lowest BCUT2D eigenvalue weighted by Gasteiger charge is -2.10. The Morgan fingerprint density at radius 1 is 1.32 bits per heavy atom. The number of thioether (sulfide) groups is 1. The Labute approximate surface area is 148 Å². The number of imidazole rings is 1. The van der Waals surface area contributed by atoms with E-state index in [4.69, 9.17) is 15.6 Å². The molecule has 0 radical (unpaired) electrons. The summed E-state index contributed by atoms with van der Waals surface area (Å²) in [4.78, 5) is 23.4. The molecule has 0 aliphatic rings. The minimum atomic E-state index is -0.918. The molecule has 0 saturated heterocycles. The zero-order valence-electron chi connectivity index (χ0n) is 13.5. The van der Waals surface area contributed by atoms with Gasteiger partial charge in [0.15, 0.2) is 22.1 Å². The van der Waals surface area contributed by atoms with E-state index in [9.17, 15) is 4.79 Å². The second-order valence-electron chi connectivity index (χ2n) is 5.32. The molecule has 3 N–H and O–H groups in total. The Balaban J connectivity index is 1.80. The van der Waals surface area contributed by atoms with Crippen LogP contribution in [0.3, 0.4) is 0 Å². The molecule has 3 aromatic rings. The minimum absolute atomic E-state index is 0.102. The number of carboxylic acid groups (broad SMARTS) is 1. The molecule has 2 heterocycles. The van der Waals surface area contributed by atoms with Crippen molar-refractivity contribution in [3.05, 3.63) is 36.2 Å². The lowest BCUT2D eigenvalue weighted by atomic mass is 10.2. The molecule has 0 bridgehead atoms. The average Bonchev–Trinajstić information content (AvgIpc) is 2.94. The summed E-state index contributed by atoms with van der Waals surface area (Å²) in [6.45, 7) is 2.86. The number of aryl methyl sites for hydroxylation is 1. The van der Waals surface area contributed by atoms with Crippen molar-refractivity contribution in [3.8, 4) is 5.75 Å². The molecule has 0 atom stereocenters. The number of carboxylic acids is 1. The van der Waals surface area contributed by atoms with Crippen molar-refractivity contribution in [2.24, 2.45) is 0 Å². The molecule has 3 rings (SSSR count). The van der Waals surface area contributed by atoms with Crippen LogP contribution >= 0.6 is 11.8 Å². The van der Waals surface area contributed by atoms with Crippen molar-refractivity contribution >= 4 is 34.7 Å². The summed E-state index contributed by atoms with van der Waals surface area (Å²) in [5.74, 6) is 0.0120. The minimum Gasteiger partial charge on any atom is -0.492 e. The Hall–Kier alpha value is -2.81. The largest absolute Gasteiger partial charge is 0.492 e. The van der Waals surface area contributed by atoms with E-state index in [0.717, 1.165) is 23.1 Å². The quantitative estimate of drug-likeness (QED) is 0.615. The SMILES string of the molecule is Cc1ccc(OCCn2c(SCC(=O)O)nc3c(N)ncnc32)cc1. The molecule has 0 spiro atoms. The predicted octanol–water partition coefficient (Wildman–Crippen LogP) is 1.97. The monoisotopic (exact) mass is 359 g/mol. The standard InChI is InChI=1S/C16H17N5O3S/c1-10-2-4-11(5-3-10)24-7-6-21-15-13(14(17)18-9-19-15)20-16(21)25-8-12(22)23/h2-5,9H,6-8H2,1H3,(H,22,23)(H2,17,18,19). The molecule has 0 saturated carbocycles. The van der Waals surface area contributed by atoms with Crippen LogP contribution in [0.15, 0.2) is 35.7 Å². The number of nitrogens with two attached hydrogens (primary N) is 1. The zero-order valence-corrected chi connectivity index (χ0v) is 14.4. The van der Waals surface area contributed by atoms with Gasteiger partial charge in [-0.25, -0.2) is 15.0 Å². The number of hydrogen-bond donors (Lipinski definition) is 2. The average molecular weight is 359 g/mol. The molecule has 0 aliphatic carbocycles.